The molecular formula is C16H15ClO3. The van der Waals surface area contributed by atoms with Crippen LogP contribution in [0.5, 0.6) is 17.2 Å². The van der Waals surface area contributed by atoms with Crippen LogP contribution in [0.3, 0.4) is 0 Å². The lowest BCUT2D eigenvalue weighted by Crippen LogP contribution is -2.06. The first-order valence-corrected chi connectivity index (χ1v) is 6.81. The summed E-state index contributed by atoms with van der Waals surface area (Å²) in [6.07, 6.45) is -0.0752. The van der Waals surface area contributed by atoms with Crippen molar-refractivity contribution in [2.24, 2.45) is 0 Å². The number of ether oxygens (including phenoxy) is 2. The standard InChI is InChI=1S/C16H15ClO3/c1-9-12-7-13(18)15(19-2)8-14(12)20-16(9)10-3-5-11(17)6-4-10/h3-9,16,18H,1-2H3/t9-,16-/m0/s1. The third-order valence-electron chi connectivity index (χ3n) is 3.71. The van der Waals surface area contributed by atoms with E-state index in [1.807, 2.05) is 24.3 Å². The molecule has 1 aliphatic heterocycles. The van der Waals surface area contributed by atoms with Crippen molar-refractivity contribution in [3.8, 4) is 17.2 Å². The van der Waals surface area contributed by atoms with Gasteiger partial charge in [-0.05, 0) is 23.8 Å². The van der Waals surface area contributed by atoms with Crippen molar-refractivity contribution in [1.82, 2.24) is 0 Å². The molecule has 0 bridgehead atoms. The Morgan fingerprint density at radius 3 is 2.55 bits per heavy atom. The summed E-state index contributed by atoms with van der Waals surface area (Å²) in [6.45, 7) is 2.08. The number of hydrogen-bond acceptors (Lipinski definition) is 3. The predicted molar refractivity (Wildman–Crippen MR) is 77.9 cm³/mol. The van der Waals surface area contributed by atoms with E-state index < -0.39 is 0 Å². The van der Waals surface area contributed by atoms with E-state index in [0.29, 0.717) is 10.8 Å². The van der Waals surface area contributed by atoms with Crippen molar-refractivity contribution in [1.29, 1.82) is 0 Å². The Balaban J connectivity index is 1.97. The van der Waals surface area contributed by atoms with Crippen molar-refractivity contribution < 1.29 is 14.6 Å². The fourth-order valence-electron chi connectivity index (χ4n) is 2.60. The van der Waals surface area contributed by atoms with E-state index in [1.54, 1.807) is 12.1 Å². The van der Waals surface area contributed by atoms with Crippen LogP contribution in [0.4, 0.5) is 0 Å². The summed E-state index contributed by atoms with van der Waals surface area (Å²) in [5.41, 5.74) is 2.06. The Kier molecular flexibility index (Phi) is 3.22. The highest BCUT2D eigenvalue weighted by atomic mass is 35.5. The van der Waals surface area contributed by atoms with Crippen LogP contribution < -0.4 is 9.47 Å². The van der Waals surface area contributed by atoms with E-state index in [2.05, 4.69) is 6.92 Å². The number of phenolic OH excluding ortho intramolecular Hbond substituents is 1. The molecule has 0 fully saturated rings. The fourth-order valence-corrected chi connectivity index (χ4v) is 2.72. The second kappa shape index (κ2) is 4.91. The predicted octanol–water partition coefficient (Wildman–Crippen LogP) is 4.29. The van der Waals surface area contributed by atoms with Gasteiger partial charge in [0.15, 0.2) is 11.5 Å². The minimum Gasteiger partial charge on any atom is -0.504 e. The first-order chi connectivity index (χ1) is 9.60. The molecule has 0 spiro atoms. The van der Waals surface area contributed by atoms with E-state index in [9.17, 15) is 5.11 Å². The van der Waals surface area contributed by atoms with E-state index in [-0.39, 0.29) is 17.8 Å². The smallest absolute Gasteiger partial charge is 0.164 e. The largest absolute Gasteiger partial charge is 0.504 e. The zero-order valence-electron chi connectivity index (χ0n) is 11.3. The molecule has 0 aliphatic carbocycles. The van der Waals surface area contributed by atoms with Gasteiger partial charge in [-0.3, -0.25) is 0 Å². The molecule has 0 radical (unpaired) electrons. The Morgan fingerprint density at radius 1 is 1.20 bits per heavy atom. The zero-order valence-corrected chi connectivity index (χ0v) is 12.0. The van der Waals surface area contributed by atoms with Gasteiger partial charge in [0.2, 0.25) is 0 Å². The number of methoxy groups -OCH3 is 1. The third-order valence-corrected chi connectivity index (χ3v) is 3.96. The fraction of sp³-hybridized carbons (Fsp3) is 0.250. The molecule has 3 nitrogen and oxygen atoms in total. The lowest BCUT2D eigenvalue weighted by atomic mass is 9.93. The number of benzene rings is 2. The van der Waals surface area contributed by atoms with Gasteiger partial charge in [-0.1, -0.05) is 30.7 Å². The Hall–Kier alpha value is -1.87. The van der Waals surface area contributed by atoms with Crippen molar-refractivity contribution >= 4 is 11.6 Å². The lowest BCUT2D eigenvalue weighted by Gasteiger charge is -2.15. The number of halogens is 1. The molecule has 104 valence electrons. The van der Waals surface area contributed by atoms with Crippen LogP contribution in [0.1, 0.15) is 30.1 Å². The monoisotopic (exact) mass is 290 g/mol. The Bertz CT molecular complexity index is 637. The highest BCUT2D eigenvalue weighted by Gasteiger charge is 2.33. The number of phenols is 1. The maximum absolute atomic E-state index is 9.89. The molecular weight excluding hydrogens is 276 g/mol. The van der Waals surface area contributed by atoms with Gasteiger partial charge in [-0.15, -0.1) is 0 Å². The quantitative estimate of drug-likeness (QED) is 0.896. The molecule has 3 rings (SSSR count). The molecule has 20 heavy (non-hydrogen) atoms. The summed E-state index contributed by atoms with van der Waals surface area (Å²) < 4.78 is 11.1. The molecule has 0 amide bonds. The summed E-state index contributed by atoms with van der Waals surface area (Å²) in [5, 5.41) is 10.6. The molecule has 0 aromatic heterocycles. The molecule has 0 saturated heterocycles. The van der Waals surface area contributed by atoms with Crippen molar-refractivity contribution in [2.45, 2.75) is 18.9 Å². The zero-order chi connectivity index (χ0) is 14.3. The first-order valence-electron chi connectivity index (χ1n) is 6.43. The molecule has 1 N–H and O–H groups in total. The molecule has 2 aromatic carbocycles. The van der Waals surface area contributed by atoms with Crippen LogP contribution in [0.15, 0.2) is 36.4 Å². The van der Waals surface area contributed by atoms with Crippen LogP contribution in [-0.4, -0.2) is 12.2 Å². The third kappa shape index (κ3) is 2.08. The van der Waals surface area contributed by atoms with E-state index in [1.165, 1.54) is 7.11 Å². The van der Waals surface area contributed by atoms with Gasteiger partial charge in [0.05, 0.1) is 7.11 Å². The van der Waals surface area contributed by atoms with Crippen molar-refractivity contribution in [3.05, 3.63) is 52.5 Å². The van der Waals surface area contributed by atoms with Gasteiger partial charge in [0, 0.05) is 22.6 Å². The SMILES string of the molecule is COc1cc2c(cc1O)[C@H](C)[C@@H](c1ccc(Cl)cc1)O2. The summed E-state index contributed by atoms with van der Waals surface area (Å²) in [5.74, 6) is 1.47. The molecule has 0 unspecified atom stereocenters. The van der Waals surface area contributed by atoms with Gasteiger partial charge in [0.1, 0.15) is 11.9 Å². The molecule has 2 aromatic rings. The van der Waals surface area contributed by atoms with E-state index in [0.717, 1.165) is 16.9 Å². The van der Waals surface area contributed by atoms with Crippen molar-refractivity contribution in [3.63, 3.8) is 0 Å². The molecule has 4 heteroatoms. The van der Waals surface area contributed by atoms with Gasteiger partial charge >= 0.3 is 0 Å². The number of hydrogen-bond donors (Lipinski definition) is 1. The van der Waals surface area contributed by atoms with Gasteiger partial charge in [-0.2, -0.15) is 0 Å². The Morgan fingerprint density at radius 2 is 1.90 bits per heavy atom. The highest BCUT2D eigenvalue weighted by Crippen LogP contribution is 2.49. The van der Waals surface area contributed by atoms with Crippen LogP contribution in [0.2, 0.25) is 5.02 Å². The average Bonchev–Trinajstić information content (AvgIpc) is 2.76. The topological polar surface area (TPSA) is 38.7 Å². The van der Waals surface area contributed by atoms with Gasteiger partial charge < -0.3 is 14.6 Å². The van der Waals surface area contributed by atoms with Crippen LogP contribution >= 0.6 is 11.6 Å². The molecule has 0 saturated carbocycles. The summed E-state index contributed by atoms with van der Waals surface area (Å²) in [7, 11) is 1.52. The maximum Gasteiger partial charge on any atom is 0.164 e. The molecule has 1 aliphatic rings. The number of aromatic hydroxyl groups is 1. The maximum atomic E-state index is 9.89. The van der Waals surface area contributed by atoms with Crippen molar-refractivity contribution in [2.75, 3.05) is 7.11 Å². The van der Waals surface area contributed by atoms with Gasteiger partial charge in [-0.25, -0.2) is 0 Å². The molecule has 1 heterocycles. The minimum absolute atomic E-state index is 0.0752. The second-order valence-electron chi connectivity index (χ2n) is 4.94. The summed E-state index contributed by atoms with van der Waals surface area (Å²) >= 11 is 5.91. The average molecular weight is 291 g/mol. The van der Waals surface area contributed by atoms with Crippen LogP contribution in [0.25, 0.3) is 0 Å². The molecule has 2 atom stereocenters. The second-order valence-corrected chi connectivity index (χ2v) is 5.38. The van der Waals surface area contributed by atoms with Crippen LogP contribution in [-0.2, 0) is 0 Å². The van der Waals surface area contributed by atoms with E-state index in [4.69, 9.17) is 21.1 Å². The number of rotatable bonds is 2. The highest BCUT2D eigenvalue weighted by molar-refractivity contribution is 6.30. The summed E-state index contributed by atoms with van der Waals surface area (Å²) in [6, 6.07) is 11.1. The first kappa shape index (κ1) is 13.1. The summed E-state index contributed by atoms with van der Waals surface area (Å²) in [4.78, 5) is 0. The minimum atomic E-state index is -0.0752. The Labute approximate surface area is 122 Å². The van der Waals surface area contributed by atoms with E-state index >= 15 is 0 Å². The van der Waals surface area contributed by atoms with Gasteiger partial charge in [0.25, 0.3) is 0 Å². The normalized spacial score (nSPS) is 20.4. The lowest BCUT2D eigenvalue weighted by molar-refractivity contribution is 0.215. The van der Waals surface area contributed by atoms with Crippen LogP contribution in [0, 0.1) is 0 Å². The number of fused-ring (bicyclic) bond motifs is 1.